The van der Waals surface area contributed by atoms with Crippen LogP contribution in [0.25, 0.3) is 0 Å². The van der Waals surface area contributed by atoms with Gasteiger partial charge < -0.3 is 14.8 Å². The van der Waals surface area contributed by atoms with Crippen molar-refractivity contribution in [3.8, 4) is 0 Å². The molecule has 1 saturated carbocycles. The van der Waals surface area contributed by atoms with Gasteiger partial charge in [0.2, 0.25) is 0 Å². The lowest BCUT2D eigenvalue weighted by molar-refractivity contribution is 0.0128. The van der Waals surface area contributed by atoms with Crippen LogP contribution >= 0.6 is 11.3 Å². The number of hydrogen-bond acceptors (Lipinski definition) is 5. The smallest absolute Gasteiger partial charge is 0.340 e. The molecule has 1 aliphatic carbocycles. The highest BCUT2D eigenvalue weighted by Gasteiger charge is 2.49. The van der Waals surface area contributed by atoms with Crippen LogP contribution in [0.15, 0.2) is 54.6 Å². The molecule has 1 N–H and O–H groups in total. The average Bonchev–Trinajstić information content (AvgIpc) is 3.44. The average molecular weight is 452 g/mol. The van der Waals surface area contributed by atoms with E-state index in [1.807, 2.05) is 6.07 Å². The molecule has 32 heavy (non-hydrogen) atoms. The first-order valence-corrected chi connectivity index (χ1v) is 11.4. The zero-order valence-corrected chi connectivity index (χ0v) is 18.2. The molecule has 1 aromatic heterocycles. The Morgan fingerprint density at radius 3 is 2.56 bits per heavy atom. The Kier molecular flexibility index (Phi) is 5.53. The second-order valence-electron chi connectivity index (χ2n) is 8.11. The van der Waals surface area contributed by atoms with Crippen LogP contribution in [0.4, 0.5) is 4.39 Å². The molecular formula is C25H22FNO4S. The highest BCUT2D eigenvalue weighted by Crippen LogP contribution is 2.39. The first-order chi connectivity index (χ1) is 15.5. The third kappa shape index (κ3) is 4.31. The zero-order valence-electron chi connectivity index (χ0n) is 17.4. The van der Waals surface area contributed by atoms with Crippen LogP contribution in [-0.4, -0.2) is 24.2 Å². The van der Waals surface area contributed by atoms with Gasteiger partial charge in [0.05, 0.1) is 24.3 Å². The van der Waals surface area contributed by atoms with E-state index in [0.29, 0.717) is 50.0 Å². The van der Waals surface area contributed by atoms with Crippen molar-refractivity contribution in [1.82, 2.24) is 5.32 Å². The summed E-state index contributed by atoms with van der Waals surface area (Å²) in [4.78, 5) is 27.9. The summed E-state index contributed by atoms with van der Waals surface area (Å²) >= 11 is 1.56. The summed E-state index contributed by atoms with van der Waals surface area (Å²) in [5.74, 6) is -0.975. The van der Waals surface area contributed by atoms with E-state index in [2.05, 4.69) is 5.32 Å². The fraction of sp³-hybridized carbons (Fsp3) is 0.280. The molecule has 7 heteroatoms. The minimum absolute atomic E-state index is 0.236. The van der Waals surface area contributed by atoms with Crippen molar-refractivity contribution in [3.63, 3.8) is 0 Å². The number of amides is 1. The lowest BCUT2D eigenvalue weighted by Crippen LogP contribution is -2.41. The largest absolute Gasteiger partial charge is 0.435 e. The lowest BCUT2D eigenvalue weighted by atomic mass is 10.00. The van der Waals surface area contributed by atoms with E-state index in [-0.39, 0.29) is 11.7 Å². The van der Waals surface area contributed by atoms with Crippen LogP contribution in [-0.2, 0) is 28.9 Å². The van der Waals surface area contributed by atoms with Gasteiger partial charge in [-0.3, -0.25) is 4.79 Å². The van der Waals surface area contributed by atoms with Gasteiger partial charge in [-0.15, -0.1) is 11.3 Å². The summed E-state index contributed by atoms with van der Waals surface area (Å²) in [5, 5.41) is 2.98. The summed E-state index contributed by atoms with van der Waals surface area (Å²) in [6.45, 7) is 1.05. The number of ether oxygens (including phenoxy) is 2. The van der Waals surface area contributed by atoms with Crippen molar-refractivity contribution in [3.05, 3.63) is 92.4 Å². The van der Waals surface area contributed by atoms with Crippen molar-refractivity contribution >= 4 is 23.2 Å². The Morgan fingerprint density at radius 2 is 1.84 bits per heavy atom. The summed E-state index contributed by atoms with van der Waals surface area (Å²) in [6.07, 6.45) is 2.35. The maximum atomic E-state index is 13.4. The summed E-state index contributed by atoms with van der Waals surface area (Å²) in [5.41, 5.74) is 2.06. The van der Waals surface area contributed by atoms with E-state index < -0.39 is 11.7 Å². The Hall–Kier alpha value is -3.03. The fourth-order valence-electron chi connectivity index (χ4n) is 3.91. The normalized spacial score (nSPS) is 16.2. The van der Waals surface area contributed by atoms with Gasteiger partial charge in [-0.2, -0.15) is 0 Å². The first-order valence-electron chi connectivity index (χ1n) is 10.6. The highest BCUT2D eigenvalue weighted by molar-refractivity contribution is 7.12. The SMILES string of the molecule is O=C(OC1(NC(=O)c2c(Cc3ccc(F)cc3)sc3c2CCOC3)CC1)c1ccccc1. The molecular weight excluding hydrogens is 429 g/mol. The van der Waals surface area contributed by atoms with Crippen LogP contribution in [0.5, 0.6) is 0 Å². The number of esters is 1. The zero-order chi connectivity index (χ0) is 22.1. The van der Waals surface area contributed by atoms with E-state index >= 15 is 0 Å². The second kappa shape index (κ2) is 8.48. The Labute approximate surface area is 189 Å². The molecule has 1 amide bonds. The third-order valence-electron chi connectivity index (χ3n) is 5.74. The highest BCUT2D eigenvalue weighted by atomic mass is 32.1. The number of rotatable bonds is 6. The number of benzene rings is 2. The molecule has 0 bridgehead atoms. The number of hydrogen-bond donors (Lipinski definition) is 1. The van der Waals surface area contributed by atoms with Crippen molar-refractivity contribution in [2.45, 2.75) is 38.0 Å². The van der Waals surface area contributed by atoms with Crippen molar-refractivity contribution in [1.29, 1.82) is 0 Å². The minimum Gasteiger partial charge on any atom is -0.435 e. The van der Waals surface area contributed by atoms with Crippen LogP contribution in [0.2, 0.25) is 0 Å². The molecule has 1 aliphatic heterocycles. The lowest BCUT2D eigenvalue weighted by Gasteiger charge is -2.20. The van der Waals surface area contributed by atoms with Gasteiger partial charge in [-0.05, 0) is 41.8 Å². The minimum atomic E-state index is -0.961. The molecule has 1 fully saturated rings. The Bertz CT molecular complexity index is 1150. The standard InChI is InChI=1S/C25H22FNO4S/c26-18-8-6-16(7-9-18)14-20-22(19-10-13-30-15-21(19)32-20)23(28)27-25(11-12-25)31-24(29)17-4-2-1-3-5-17/h1-9H,10-15H2,(H,27,28). The predicted octanol–water partition coefficient (Wildman–Crippen LogP) is 4.63. The van der Waals surface area contributed by atoms with Crippen molar-refractivity contribution in [2.24, 2.45) is 0 Å². The van der Waals surface area contributed by atoms with E-state index in [1.165, 1.54) is 12.1 Å². The molecule has 5 nitrogen and oxygen atoms in total. The van der Waals surface area contributed by atoms with Crippen LogP contribution in [0.3, 0.4) is 0 Å². The summed E-state index contributed by atoms with van der Waals surface area (Å²) in [6, 6.07) is 15.1. The van der Waals surface area contributed by atoms with Gasteiger partial charge >= 0.3 is 5.97 Å². The molecule has 5 rings (SSSR count). The number of thiophene rings is 1. The van der Waals surface area contributed by atoms with E-state index in [4.69, 9.17) is 9.47 Å². The van der Waals surface area contributed by atoms with Crippen LogP contribution in [0, 0.1) is 5.82 Å². The van der Waals surface area contributed by atoms with Gasteiger partial charge in [-0.25, -0.2) is 9.18 Å². The summed E-state index contributed by atoms with van der Waals surface area (Å²) in [7, 11) is 0. The summed E-state index contributed by atoms with van der Waals surface area (Å²) < 4.78 is 24.6. The number of carbonyl (C=O) groups is 2. The monoisotopic (exact) mass is 451 g/mol. The second-order valence-corrected chi connectivity index (χ2v) is 9.30. The molecule has 164 valence electrons. The van der Waals surface area contributed by atoms with E-state index in [1.54, 1.807) is 47.7 Å². The van der Waals surface area contributed by atoms with Crippen molar-refractivity contribution < 1.29 is 23.5 Å². The molecule has 0 atom stereocenters. The van der Waals surface area contributed by atoms with Gasteiger partial charge in [-0.1, -0.05) is 30.3 Å². The van der Waals surface area contributed by atoms with Crippen LogP contribution in [0.1, 0.15) is 54.4 Å². The van der Waals surface area contributed by atoms with E-state index in [9.17, 15) is 14.0 Å². The quantitative estimate of drug-likeness (QED) is 0.439. The topological polar surface area (TPSA) is 64.6 Å². The number of nitrogens with one attached hydrogen (secondary N) is 1. The Balaban J connectivity index is 1.38. The fourth-order valence-corrected chi connectivity index (χ4v) is 5.23. The molecule has 0 unspecified atom stereocenters. The maximum Gasteiger partial charge on any atom is 0.340 e. The maximum absolute atomic E-state index is 13.4. The van der Waals surface area contributed by atoms with Gasteiger partial charge in [0, 0.05) is 29.0 Å². The number of fused-ring (bicyclic) bond motifs is 1. The van der Waals surface area contributed by atoms with Gasteiger partial charge in [0.15, 0.2) is 5.72 Å². The molecule has 0 saturated heterocycles. The molecule has 0 radical (unpaired) electrons. The predicted molar refractivity (Wildman–Crippen MR) is 118 cm³/mol. The van der Waals surface area contributed by atoms with Gasteiger partial charge in [0.25, 0.3) is 5.91 Å². The first kappa shape index (κ1) is 20.8. The molecule has 2 aliphatic rings. The molecule has 2 heterocycles. The van der Waals surface area contributed by atoms with Crippen LogP contribution < -0.4 is 5.32 Å². The molecule has 2 aromatic carbocycles. The third-order valence-corrected chi connectivity index (χ3v) is 6.95. The molecule has 0 spiro atoms. The van der Waals surface area contributed by atoms with Gasteiger partial charge in [0.1, 0.15) is 5.82 Å². The van der Waals surface area contributed by atoms with E-state index in [0.717, 1.165) is 20.9 Å². The Morgan fingerprint density at radius 1 is 1.09 bits per heavy atom. The van der Waals surface area contributed by atoms with Crippen molar-refractivity contribution in [2.75, 3.05) is 6.61 Å². The number of halogens is 1. The molecule has 3 aromatic rings. The number of carbonyl (C=O) groups excluding carboxylic acids is 2.